The smallest absolute Gasteiger partial charge is 0.161 e. The SMILES string of the molecule is CC(C)(C)c1ccc(O)c(OCC(O)c2ccccc2)c1. The van der Waals surface area contributed by atoms with Crippen molar-refractivity contribution in [2.75, 3.05) is 6.61 Å². The Balaban J connectivity index is 2.09. The summed E-state index contributed by atoms with van der Waals surface area (Å²) in [6.07, 6.45) is -0.719. The third-order valence-electron chi connectivity index (χ3n) is 3.41. The summed E-state index contributed by atoms with van der Waals surface area (Å²) in [6, 6.07) is 14.7. The van der Waals surface area contributed by atoms with Crippen molar-refractivity contribution < 1.29 is 14.9 Å². The molecule has 2 rings (SSSR count). The van der Waals surface area contributed by atoms with Gasteiger partial charge in [0.1, 0.15) is 12.7 Å². The van der Waals surface area contributed by atoms with Crippen molar-refractivity contribution in [3.05, 3.63) is 59.7 Å². The molecular formula is C18H22O3. The Bertz CT molecular complexity index is 585. The largest absolute Gasteiger partial charge is 0.504 e. The molecule has 2 aromatic rings. The molecule has 0 saturated heterocycles. The van der Waals surface area contributed by atoms with E-state index in [1.807, 2.05) is 42.5 Å². The van der Waals surface area contributed by atoms with Gasteiger partial charge in [0.05, 0.1) is 0 Å². The van der Waals surface area contributed by atoms with Gasteiger partial charge in [-0.3, -0.25) is 0 Å². The summed E-state index contributed by atoms with van der Waals surface area (Å²) < 4.78 is 5.59. The molecule has 0 spiro atoms. The summed E-state index contributed by atoms with van der Waals surface area (Å²) >= 11 is 0. The molecule has 0 saturated carbocycles. The predicted octanol–water partition coefficient (Wildman–Crippen LogP) is 3.80. The van der Waals surface area contributed by atoms with Gasteiger partial charge in [0.15, 0.2) is 11.5 Å². The molecule has 0 fully saturated rings. The van der Waals surface area contributed by atoms with Crippen LogP contribution in [0.1, 0.15) is 38.0 Å². The lowest BCUT2D eigenvalue weighted by Crippen LogP contribution is -2.13. The highest BCUT2D eigenvalue weighted by molar-refractivity contribution is 5.43. The summed E-state index contributed by atoms with van der Waals surface area (Å²) in [5, 5.41) is 20.0. The lowest BCUT2D eigenvalue weighted by molar-refractivity contribution is 0.106. The first-order valence-corrected chi connectivity index (χ1v) is 7.07. The molecule has 0 aliphatic rings. The van der Waals surface area contributed by atoms with E-state index in [-0.39, 0.29) is 17.8 Å². The number of aliphatic hydroxyl groups excluding tert-OH is 1. The molecule has 0 aliphatic heterocycles. The lowest BCUT2D eigenvalue weighted by Gasteiger charge is -2.21. The van der Waals surface area contributed by atoms with Crippen molar-refractivity contribution in [1.82, 2.24) is 0 Å². The molecule has 0 aliphatic carbocycles. The van der Waals surface area contributed by atoms with Crippen LogP contribution in [0.5, 0.6) is 11.5 Å². The fraction of sp³-hybridized carbons (Fsp3) is 0.333. The Morgan fingerprint density at radius 2 is 1.71 bits per heavy atom. The van der Waals surface area contributed by atoms with Gasteiger partial charge in [-0.1, -0.05) is 57.2 Å². The van der Waals surface area contributed by atoms with Crippen molar-refractivity contribution in [2.24, 2.45) is 0 Å². The number of phenols is 1. The Kier molecular flexibility index (Phi) is 4.53. The fourth-order valence-corrected chi connectivity index (χ4v) is 2.04. The minimum atomic E-state index is -0.719. The van der Waals surface area contributed by atoms with Crippen LogP contribution in [0.3, 0.4) is 0 Å². The van der Waals surface area contributed by atoms with E-state index in [1.165, 1.54) is 0 Å². The number of phenolic OH excluding ortho intramolecular Hbond substituents is 1. The second kappa shape index (κ2) is 6.19. The minimum Gasteiger partial charge on any atom is -0.504 e. The van der Waals surface area contributed by atoms with Crippen molar-refractivity contribution in [1.29, 1.82) is 0 Å². The molecule has 3 nitrogen and oxygen atoms in total. The maximum absolute atomic E-state index is 10.1. The zero-order chi connectivity index (χ0) is 15.5. The second-order valence-corrected chi connectivity index (χ2v) is 6.17. The van der Waals surface area contributed by atoms with Crippen molar-refractivity contribution >= 4 is 0 Å². The number of rotatable bonds is 4. The first kappa shape index (κ1) is 15.4. The number of ether oxygens (including phenoxy) is 1. The van der Waals surface area contributed by atoms with Crippen LogP contribution >= 0.6 is 0 Å². The first-order chi connectivity index (χ1) is 9.88. The number of hydrogen-bond acceptors (Lipinski definition) is 3. The van der Waals surface area contributed by atoms with Gasteiger partial charge in [-0.2, -0.15) is 0 Å². The van der Waals surface area contributed by atoms with Gasteiger partial charge >= 0.3 is 0 Å². The van der Waals surface area contributed by atoms with Gasteiger partial charge in [0.25, 0.3) is 0 Å². The Labute approximate surface area is 125 Å². The Morgan fingerprint density at radius 1 is 1.05 bits per heavy atom. The fourth-order valence-electron chi connectivity index (χ4n) is 2.04. The van der Waals surface area contributed by atoms with Crippen molar-refractivity contribution in [3.63, 3.8) is 0 Å². The zero-order valence-electron chi connectivity index (χ0n) is 12.7. The lowest BCUT2D eigenvalue weighted by atomic mass is 9.87. The standard InChI is InChI=1S/C18H22O3/c1-18(2,3)14-9-10-15(19)17(11-14)21-12-16(20)13-7-5-4-6-8-13/h4-11,16,19-20H,12H2,1-3H3. The maximum atomic E-state index is 10.1. The molecule has 0 radical (unpaired) electrons. The maximum Gasteiger partial charge on any atom is 0.161 e. The Morgan fingerprint density at radius 3 is 2.33 bits per heavy atom. The molecule has 3 heteroatoms. The van der Waals surface area contributed by atoms with Crippen LogP contribution in [0.4, 0.5) is 0 Å². The molecule has 0 heterocycles. The van der Waals surface area contributed by atoms with Crippen molar-refractivity contribution in [2.45, 2.75) is 32.3 Å². The summed E-state index contributed by atoms with van der Waals surface area (Å²) in [7, 11) is 0. The molecule has 0 bridgehead atoms. The number of benzene rings is 2. The quantitative estimate of drug-likeness (QED) is 0.898. The van der Waals surface area contributed by atoms with Gasteiger partial charge in [-0.15, -0.1) is 0 Å². The highest BCUT2D eigenvalue weighted by Crippen LogP contribution is 2.32. The minimum absolute atomic E-state index is 0.0240. The van der Waals surface area contributed by atoms with Gasteiger partial charge in [-0.25, -0.2) is 0 Å². The van der Waals surface area contributed by atoms with Gasteiger partial charge in [0.2, 0.25) is 0 Å². The predicted molar refractivity (Wildman–Crippen MR) is 83.7 cm³/mol. The van der Waals surface area contributed by atoms with Crippen LogP contribution in [-0.4, -0.2) is 16.8 Å². The van der Waals surface area contributed by atoms with Gasteiger partial charge in [0, 0.05) is 0 Å². The molecular weight excluding hydrogens is 264 g/mol. The van der Waals surface area contributed by atoms with E-state index in [0.717, 1.165) is 11.1 Å². The first-order valence-electron chi connectivity index (χ1n) is 7.07. The second-order valence-electron chi connectivity index (χ2n) is 6.17. The van der Waals surface area contributed by atoms with Crippen LogP contribution in [0.25, 0.3) is 0 Å². The Hall–Kier alpha value is -2.00. The van der Waals surface area contributed by atoms with E-state index in [9.17, 15) is 10.2 Å². The van der Waals surface area contributed by atoms with Crippen LogP contribution in [-0.2, 0) is 5.41 Å². The number of aromatic hydroxyl groups is 1. The molecule has 2 aromatic carbocycles. The van der Waals surface area contributed by atoms with Crippen LogP contribution in [0, 0.1) is 0 Å². The molecule has 112 valence electrons. The van der Waals surface area contributed by atoms with Crippen LogP contribution in [0.2, 0.25) is 0 Å². The van der Waals surface area contributed by atoms with E-state index < -0.39 is 6.10 Å². The average molecular weight is 286 g/mol. The molecule has 21 heavy (non-hydrogen) atoms. The van der Waals surface area contributed by atoms with Gasteiger partial charge < -0.3 is 14.9 Å². The number of aliphatic hydroxyl groups is 1. The molecule has 2 N–H and O–H groups in total. The van der Waals surface area contributed by atoms with E-state index in [4.69, 9.17) is 4.74 Å². The summed E-state index contributed by atoms with van der Waals surface area (Å²) in [5.41, 5.74) is 1.84. The van der Waals surface area contributed by atoms with Gasteiger partial charge in [-0.05, 0) is 28.7 Å². The van der Waals surface area contributed by atoms with Crippen LogP contribution in [0.15, 0.2) is 48.5 Å². The third-order valence-corrected chi connectivity index (χ3v) is 3.41. The summed E-state index contributed by atoms with van der Waals surface area (Å²) in [5.74, 6) is 0.487. The zero-order valence-corrected chi connectivity index (χ0v) is 12.7. The highest BCUT2D eigenvalue weighted by Gasteiger charge is 2.17. The summed E-state index contributed by atoms with van der Waals surface area (Å²) in [6.45, 7) is 6.40. The molecule has 0 aromatic heterocycles. The normalized spacial score (nSPS) is 13.0. The van der Waals surface area contributed by atoms with E-state index in [2.05, 4.69) is 20.8 Å². The van der Waals surface area contributed by atoms with E-state index in [1.54, 1.807) is 6.07 Å². The molecule has 1 unspecified atom stereocenters. The average Bonchev–Trinajstić information content (AvgIpc) is 2.45. The van der Waals surface area contributed by atoms with E-state index >= 15 is 0 Å². The number of hydrogen-bond donors (Lipinski definition) is 2. The third kappa shape index (κ3) is 3.99. The van der Waals surface area contributed by atoms with Crippen LogP contribution < -0.4 is 4.74 Å². The monoisotopic (exact) mass is 286 g/mol. The molecule has 1 atom stereocenters. The highest BCUT2D eigenvalue weighted by atomic mass is 16.5. The summed E-state index contributed by atoms with van der Waals surface area (Å²) in [4.78, 5) is 0. The van der Waals surface area contributed by atoms with Crippen molar-refractivity contribution in [3.8, 4) is 11.5 Å². The van der Waals surface area contributed by atoms with E-state index in [0.29, 0.717) is 5.75 Å². The molecule has 0 amide bonds. The topological polar surface area (TPSA) is 49.7 Å².